The van der Waals surface area contributed by atoms with Gasteiger partial charge >= 0.3 is 0 Å². The van der Waals surface area contributed by atoms with E-state index in [-0.39, 0.29) is 5.91 Å². The Hall–Kier alpha value is -2.62. The average molecular weight is 321 g/mol. The fourth-order valence-corrected chi connectivity index (χ4v) is 2.89. The number of rotatable bonds is 6. The van der Waals surface area contributed by atoms with Crippen molar-refractivity contribution in [2.75, 3.05) is 6.54 Å². The minimum Gasteiger partial charge on any atom is -0.354 e. The van der Waals surface area contributed by atoms with E-state index in [9.17, 15) is 4.79 Å². The van der Waals surface area contributed by atoms with Gasteiger partial charge in [-0.05, 0) is 38.0 Å². The Labute approximate surface area is 142 Å². The molecule has 124 valence electrons. The molecular weight excluding hydrogens is 298 g/mol. The molecule has 24 heavy (non-hydrogen) atoms. The average Bonchev–Trinajstić information content (AvgIpc) is 2.90. The van der Waals surface area contributed by atoms with Crippen LogP contribution in [0.25, 0.3) is 11.0 Å². The van der Waals surface area contributed by atoms with Gasteiger partial charge in [-0.3, -0.25) is 4.79 Å². The molecule has 4 heteroatoms. The SMILES string of the molecule is Cc1ccc(CCC(=O)NCCn2c(C)nc3ccccc32)cc1. The monoisotopic (exact) mass is 321 g/mol. The van der Waals surface area contributed by atoms with Crippen molar-refractivity contribution in [3.05, 3.63) is 65.5 Å². The van der Waals surface area contributed by atoms with Crippen LogP contribution >= 0.6 is 0 Å². The first kappa shape index (κ1) is 16.2. The number of aromatic nitrogens is 2. The zero-order valence-corrected chi connectivity index (χ0v) is 14.2. The second-order valence-corrected chi connectivity index (χ2v) is 6.13. The molecule has 3 aromatic rings. The fraction of sp³-hybridized carbons (Fsp3) is 0.300. The molecule has 1 heterocycles. The maximum atomic E-state index is 12.0. The predicted octanol–water partition coefficient (Wildman–Crippen LogP) is 3.40. The number of nitrogens with zero attached hydrogens (tertiary/aromatic N) is 2. The van der Waals surface area contributed by atoms with E-state index in [1.807, 2.05) is 25.1 Å². The van der Waals surface area contributed by atoms with Crippen LogP contribution < -0.4 is 5.32 Å². The molecule has 1 aromatic heterocycles. The van der Waals surface area contributed by atoms with Crippen LogP contribution in [0.5, 0.6) is 0 Å². The number of aryl methyl sites for hydroxylation is 3. The molecule has 0 saturated heterocycles. The summed E-state index contributed by atoms with van der Waals surface area (Å²) in [4.78, 5) is 16.6. The lowest BCUT2D eigenvalue weighted by Crippen LogP contribution is -2.27. The van der Waals surface area contributed by atoms with E-state index in [1.165, 1.54) is 11.1 Å². The summed E-state index contributed by atoms with van der Waals surface area (Å²) in [6, 6.07) is 16.4. The molecule has 0 bridgehead atoms. The minimum absolute atomic E-state index is 0.0950. The molecule has 1 amide bonds. The summed E-state index contributed by atoms with van der Waals surface area (Å²) in [6.45, 7) is 5.42. The fourth-order valence-electron chi connectivity index (χ4n) is 2.89. The Kier molecular flexibility index (Phi) is 4.94. The summed E-state index contributed by atoms with van der Waals surface area (Å²) in [7, 11) is 0. The molecule has 3 rings (SSSR count). The zero-order chi connectivity index (χ0) is 16.9. The van der Waals surface area contributed by atoms with Gasteiger partial charge in [-0.25, -0.2) is 4.98 Å². The third-order valence-corrected chi connectivity index (χ3v) is 4.26. The highest BCUT2D eigenvalue weighted by molar-refractivity contribution is 5.77. The number of hydrogen-bond donors (Lipinski definition) is 1. The summed E-state index contributed by atoms with van der Waals surface area (Å²) >= 11 is 0. The Morgan fingerprint density at radius 2 is 1.83 bits per heavy atom. The van der Waals surface area contributed by atoms with E-state index in [0.29, 0.717) is 13.0 Å². The first-order valence-electron chi connectivity index (χ1n) is 8.37. The van der Waals surface area contributed by atoms with Crippen molar-refractivity contribution >= 4 is 16.9 Å². The molecule has 1 N–H and O–H groups in total. The first-order chi connectivity index (χ1) is 11.6. The summed E-state index contributed by atoms with van der Waals surface area (Å²) in [5.41, 5.74) is 4.56. The Morgan fingerprint density at radius 3 is 2.62 bits per heavy atom. The number of carbonyl (C=O) groups excluding carboxylic acids is 1. The van der Waals surface area contributed by atoms with Crippen LogP contribution in [-0.4, -0.2) is 22.0 Å². The minimum atomic E-state index is 0.0950. The van der Waals surface area contributed by atoms with E-state index >= 15 is 0 Å². The highest BCUT2D eigenvalue weighted by Gasteiger charge is 2.07. The number of para-hydroxylation sites is 2. The quantitative estimate of drug-likeness (QED) is 0.756. The summed E-state index contributed by atoms with van der Waals surface area (Å²) < 4.78 is 2.15. The topological polar surface area (TPSA) is 46.9 Å². The largest absolute Gasteiger partial charge is 0.354 e. The molecule has 0 aliphatic heterocycles. The Balaban J connectivity index is 1.49. The van der Waals surface area contributed by atoms with Crippen LogP contribution in [0.2, 0.25) is 0 Å². The second kappa shape index (κ2) is 7.30. The lowest BCUT2D eigenvalue weighted by Gasteiger charge is -2.09. The van der Waals surface area contributed by atoms with Crippen molar-refractivity contribution in [3.63, 3.8) is 0 Å². The van der Waals surface area contributed by atoms with E-state index in [4.69, 9.17) is 0 Å². The summed E-state index contributed by atoms with van der Waals surface area (Å²) in [6.07, 6.45) is 1.30. The van der Waals surface area contributed by atoms with Gasteiger partial charge in [-0.2, -0.15) is 0 Å². The first-order valence-corrected chi connectivity index (χ1v) is 8.37. The summed E-state index contributed by atoms with van der Waals surface area (Å²) in [5, 5.41) is 3.01. The smallest absolute Gasteiger partial charge is 0.220 e. The number of imidazole rings is 1. The molecule has 4 nitrogen and oxygen atoms in total. The molecular formula is C20H23N3O. The maximum absolute atomic E-state index is 12.0. The predicted molar refractivity (Wildman–Crippen MR) is 97.0 cm³/mol. The van der Waals surface area contributed by atoms with Crippen molar-refractivity contribution in [2.24, 2.45) is 0 Å². The van der Waals surface area contributed by atoms with Gasteiger partial charge in [0.05, 0.1) is 11.0 Å². The molecule has 0 fully saturated rings. The molecule has 0 atom stereocenters. The van der Waals surface area contributed by atoms with Gasteiger partial charge in [0.15, 0.2) is 0 Å². The van der Waals surface area contributed by atoms with Crippen molar-refractivity contribution in [3.8, 4) is 0 Å². The van der Waals surface area contributed by atoms with Crippen molar-refractivity contribution in [1.29, 1.82) is 0 Å². The highest BCUT2D eigenvalue weighted by Crippen LogP contribution is 2.14. The van der Waals surface area contributed by atoms with E-state index in [2.05, 4.69) is 52.1 Å². The van der Waals surface area contributed by atoms with Crippen LogP contribution in [0.4, 0.5) is 0 Å². The van der Waals surface area contributed by atoms with Gasteiger partial charge < -0.3 is 9.88 Å². The zero-order valence-electron chi connectivity index (χ0n) is 14.2. The number of carbonyl (C=O) groups is 1. The number of benzene rings is 2. The van der Waals surface area contributed by atoms with Gasteiger partial charge in [-0.15, -0.1) is 0 Å². The molecule has 2 aromatic carbocycles. The van der Waals surface area contributed by atoms with Crippen molar-refractivity contribution < 1.29 is 4.79 Å². The van der Waals surface area contributed by atoms with Crippen LogP contribution in [0, 0.1) is 13.8 Å². The van der Waals surface area contributed by atoms with Crippen LogP contribution in [0.15, 0.2) is 48.5 Å². The summed E-state index contributed by atoms with van der Waals surface area (Å²) in [5.74, 6) is 1.07. The van der Waals surface area contributed by atoms with E-state index < -0.39 is 0 Å². The number of hydrogen-bond acceptors (Lipinski definition) is 2. The lowest BCUT2D eigenvalue weighted by atomic mass is 10.1. The molecule has 0 aliphatic carbocycles. The number of nitrogens with one attached hydrogen (secondary N) is 1. The second-order valence-electron chi connectivity index (χ2n) is 6.13. The standard InChI is InChI=1S/C20H23N3O/c1-15-7-9-17(10-8-15)11-12-20(24)21-13-14-23-16(2)22-18-5-3-4-6-19(18)23/h3-10H,11-14H2,1-2H3,(H,21,24). The normalized spacial score (nSPS) is 10.9. The molecule has 0 saturated carbocycles. The Morgan fingerprint density at radius 1 is 1.08 bits per heavy atom. The third kappa shape index (κ3) is 3.82. The molecule has 0 unspecified atom stereocenters. The third-order valence-electron chi connectivity index (χ3n) is 4.26. The number of fused-ring (bicyclic) bond motifs is 1. The van der Waals surface area contributed by atoms with E-state index in [0.717, 1.165) is 29.8 Å². The van der Waals surface area contributed by atoms with Gasteiger partial charge in [0.2, 0.25) is 5.91 Å². The van der Waals surface area contributed by atoms with E-state index in [1.54, 1.807) is 0 Å². The van der Waals surface area contributed by atoms with Crippen molar-refractivity contribution in [2.45, 2.75) is 33.2 Å². The van der Waals surface area contributed by atoms with Gasteiger partial charge in [0.1, 0.15) is 5.82 Å². The lowest BCUT2D eigenvalue weighted by molar-refractivity contribution is -0.121. The van der Waals surface area contributed by atoms with Crippen molar-refractivity contribution in [1.82, 2.24) is 14.9 Å². The molecule has 0 radical (unpaired) electrons. The van der Waals surface area contributed by atoms with Gasteiger partial charge in [0.25, 0.3) is 0 Å². The molecule has 0 aliphatic rings. The Bertz CT molecular complexity index is 834. The van der Waals surface area contributed by atoms with Crippen LogP contribution in [-0.2, 0) is 17.8 Å². The van der Waals surface area contributed by atoms with Crippen LogP contribution in [0.3, 0.4) is 0 Å². The van der Waals surface area contributed by atoms with Crippen LogP contribution in [0.1, 0.15) is 23.4 Å². The number of amides is 1. The highest BCUT2D eigenvalue weighted by atomic mass is 16.1. The molecule has 0 spiro atoms. The van der Waals surface area contributed by atoms with Gasteiger partial charge in [-0.1, -0.05) is 42.0 Å². The van der Waals surface area contributed by atoms with Gasteiger partial charge in [0, 0.05) is 19.5 Å². The maximum Gasteiger partial charge on any atom is 0.220 e.